The van der Waals surface area contributed by atoms with Crippen LogP contribution < -0.4 is 10.2 Å². The lowest BCUT2D eigenvalue weighted by molar-refractivity contribution is 0.869. The van der Waals surface area contributed by atoms with Crippen molar-refractivity contribution in [2.24, 2.45) is 0 Å². The number of hydrogen-bond acceptors (Lipinski definition) is 6. The molecule has 0 radical (unpaired) electrons. The summed E-state index contributed by atoms with van der Waals surface area (Å²) in [6, 6.07) is 5.97. The van der Waals surface area contributed by atoms with E-state index in [0.29, 0.717) is 18.4 Å². The predicted octanol–water partition coefficient (Wildman–Crippen LogP) is 3.33. The van der Waals surface area contributed by atoms with Crippen molar-refractivity contribution >= 4 is 28.5 Å². The van der Waals surface area contributed by atoms with Crippen molar-refractivity contribution < 1.29 is 0 Å². The molecule has 3 N–H and O–H groups in total. The van der Waals surface area contributed by atoms with Crippen molar-refractivity contribution in [3.63, 3.8) is 0 Å². The number of rotatable bonds is 6. The van der Waals surface area contributed by atoms with E-state index in [4.69, 9.17) is 0 Å². The standard InChI is InChI=1S/C19H20N8/c1-27(11-13-9-20-10-16-14(13)4-6-21-16)19-22-7-5-17(24-19)23-18-8-15(25-26-18)12-2-3-12/h4-10,12,21H,2-3,11H2,1H3,(H2,22,23,24,25,26). The van der Waals surface area contributed by atoms with E-state index in [0.717, 1.165) is 28.1 Å². The minimum Gasteiger partial charge on any atom is -0.360 e. The highest BCUT2D eigenvalue weighted by atomic mass is 15.3. The van der Waals surface area contributed by atoms with E-state index in [2.05, 4.69) is 47.6 Å². The summed E-state index contributed by atoms with van der Waals surface area (Å²) in [6.07, 6.45) is 9.89. The zero-order valence-corrected chi connectivity index (χ0v) is 15.0. The molecule has 0 aromatic carbocycles. The van der Waals surface area contributed by atoms with Crippen LogP contribution in [-0.2, 0) is 6.54 Å². The van der Waals surface area contributed by atoms with Gasteiger partial charge in [0.1, 0.15) is 5.82 Å². The van der Waals surface area contributed by atoms with Gasteiger partial charge in [-0.05, 0) is 30.5 Å². The average molecular weight is 360 g/mol. The van der Waals surface area contributed by atoms with E-state index in [1.165, 1.54) is 18.5 Å². The number of fused-ring (bicyclic) bond motifs is 1. The highest BCUT2D eigenvalue weighted by molar-refractivity contribution is 5.82. The van der Waals surface area contributed by atoms with Crippen LogP contribution in [-0.4, -0.2) is 37.2 Å². The summed E-state index contributed by atoms with van der Waals surface area (Å²) in [4.78, 5) is 18.5. The van der Waals surface area contributed by atoms with Crippen LogP contribution in [0.1, 0.15) is 30.0 Å². The Bertz CT molecular complexity index is 1080. The van der Waals surface area contributed by atoms with Gasteiger partial charge in [0.05, 0.1) is 11.7 Å². The van der Waals surface area contributed by atoms with Crippen LogP contribution in [0.15, 0.2) is 43.0 Å². The van der Waals surface area contributed by atoms with Crippen LogP contribution in [0.4, 0.5) is 17.6 Å². The van der Waals surface area contributed by atoms with Gasteiger partial charge in [0.25, 0.3) is 0 Å². The van der Waals surface area contributed by atoms with Gasteiger partial charge >= 0.3 is 0 Å². The zero-order valence-electron chi connectivity index (χ0n) is 15.0. The molecule has 8 nitrogen and oxygen atoms in total. The van der Waals surface area contributed by atoms with Crippen LogP contribution in [0.5, 0.6) is 0 Å². The molecule has 5 rings (SSSR count). The first kappa shape index (κ1) is 15.8. The summed E-state index contributed by atoms with van der Waals surface area (Å²) < 4.78 is 0. The Labute approximate surface area is 156 Å². The van der Waals surface area contributed by atoms with Gasteiger partial charge in [-0.3, -0.25) is 10.1 Å². The Morgan fingerprint density at radius 1 is 1.22 bits per heavy atom. The molecular formula is C19H20N8. The molecule has 0 atom stereocenters. The molecule has 1 aliphatic carbocycles. The Kier molecular flexibility index (Phi) is 3.74. The van der Waals surface area contributed by atoms with Gasteiger partial charge < -0.3 is 15.2 Å². The summed E-state index contributed by atoms with van der Waals surface area (Å²) in [5.74, 6) is 2.79. The predicted molar refractivity (Wildman–Crippen MR) is 104 cm³/mol. The minimum atomic E-state index is 0.643. The largest absolute Gasteiger partial charge is 0.360 e. The molecule has 1 fully saturated rings. The number of H-pyrrole nitrogens is 2. The van der Waals surface area contributed by atoms with Crippen LogP contribution >= 0.6 is 0 Å². The summed E-state index contributed by atoms with van der Waals surface area (Å²) in [5.41, 5.74) is 3.35. The maximum atomic E-state index is 4.62. The molecule has 4 heterocycles. The van der Waals surface area contributed by atoms with Gasteiger partial charge in [-0.1, -0.05) is 0 Å². The molecule has 0 saturated heterocycles. The third kappa shape index (κ3) is 3.21. The molecule has 0 spiro atoms. The maximum absolute atomic E-state index is 4.62. The molecule has 27 heavy (non-hydrogen) atoms. The van der Waals surface area contributed by atoms with Gasteiger partial charge in [0.2, 0.25) is 5.95 Å². The van der Waals surface area contributed by atoms with Crippen molar-refractivity contribution in [1.29, 1.82) is 0 Å². The quantitative estimate of drug-likeness (QED) is 0.488. The number of anilines is 3. The zero-order chi connectivity index (χ0) is 18.2. The molecule has 0 amide bonds. The lowest BCUT2D eigenvalue weighted by Crippen LogP contribution is -2.19. The number of nitrogens with zero attached hydrogens (tertiary/aromatic N) is 5. The molecule has 4 aromatic heterocycles. The molecule has 1 aliphatic rings. The third-order valence-corrected chi connectivity index (χ3v) is 4.82. The van der Waals surface area contributed by atoms with Crippen LogP contribution in [0.3, 0.4) is 0 Å². The van der Waals surface area contributed by atoms with Crippen LogP contribution in [0, 0.1) is 0 Å². The fraction of sp³-hybridized carbons (Fsp3) is 0.263. The van der Waals surface area contributed by atoms with E-state index >= 15 is 0 Å². The highest BCUT2D eigenvalue weighted by Crippen LogP contribution is 2.39. The average Bonchev–Trinajstić information content (AvgIpc) is 3.23. The Morgan fingerprint density at radius 3 is 3.04 bits per heavy atom. The normalized spacial score (nSPS) is 13.8. The van der Waals surface area contributed by atoms with Crippen molar-refractivity contribution in [3.8, 4) is 0 Å². The summed E-state index contributed by atoms with van der Waals surface area (Å²) >= 11 is 0. The fourth-order valence-corrected chi connectivity index (χ4v) is 3.23. The smallest absolute Gasteiger partial charge is 0.227 e. The Balaban J connectivity index is 1.33. The number of aromatic amines is 2. The molecule has 1 saturated carbocycles. The lowest BCUT2D eigenvalue weighted by Gasteiger charge is -2.18. The molecule has 136 valence electrons. The van der Waals surface area contributed by atoms with E-state index in [-0.39, 0.29) is 0 Å². The SMILES string of the molecule is CN(Cc1cncc2[nH]ccc12)c1nccc(Nc2cc(C3CC3)[nH]n2)n1. The molecule has 0 bridgehead atoms. The summed E-state index contributed by atoms with van der Waals surface area (Å²) in [7, 11) is 1.98. The van der Waals surface area contributed by atoms with Crippen LogP contribution in [0.2, 0.25) is 0 Å². The molecule has 0 aliphatic heterocycles. The van der Waals surface area contributed by atoms with Gasteiger partial charge in [-0.2, -0.15) is 10.1 Å². The summed E-state index contributed by atoms with van der Waals surface area (Å²) in [6.45, 7) is 0.667. The summed E-state index contributed by atoms with van der Waals surface area (Å²) in [5, 5.41) is 11.8. The second-order valence-corrected chi connectivity index (χ2v) is 6.94. The number of aromatic nitrogens is 6. The Hall–Kier alpha value is -3.42. The lowest BCUT2D eigenvalue weighted by atomic mass is 10.2. The second kappa shape index (κ2) is 6.39. The number of pyridine rings is 1. The first-order valence-corrected chi connectivity index (χ1v) is 9.03. The minimum absolute atomic E-state index is 0.643. The van der Waals surface area contributed by atoms with Crippen molar-refractivity contribution in [3.05, 3.63) is 54.2 Å². The highest BCUT2D eigenvalue weighted by Gasteiger charge is 2.25. The number of nitrogens with one attached hydrogen (secondary N) is 3. The van der Waals surface area contributed by atoms with Gasteiger partial charge in [-0.25, -0.2) is 4.98 Å². The molecule has 4 aromatic rings. The van der Waals surface area contributed by atoms with Crippen LogP contribution in [0.25, 0.3) is 10.9 Å². The van der Waals surface area contributed by atoms with Gasteiger partial charge in [-0.15, -0.1) is 0 Å². The van der Waals surface area contributed by atoms with E-state index in [9.17, 15) is 0 Å². The Morgan fingerprint density at radius 2 is 2.15 bits per heavy atom. The topological polar surface area (TPSA) is 98.4 Å². The van der Waals surface area contributed by atoms with E-state index < -0.39 is 0 Å². The van der Waals surface area contributed by atoms with E-state index in [1.54, 1.807) is 6.20 Å². The van der Waals surface area contributed by atoms with Gasteiger partial charge in [0.15, 0.2) is 5.82 Å². The number of hydrogen-bond donors (Lipinski definition) is 3. The molecular weight excluding hydrogens is 340 g/mol. The molecule has 0 unspecified atom stereocenters. The first-order valence-electron chi connectivity index (χ1n) is 9.03. The second-order valence-electron chi connectivity index (χ2n) is 6.94. The van der Waals surface area contributed by atoms with Gasteiger partial charge in [0, 0.05) is 55.2 Å². The molecule has 8 heteroatoms. The van der Waals surface area contributed by atoms with Crippen molar-refractivity contribution in [1.82, 2.24) is 30.1 Å². The third-order valence-electron chi connectivity index (χ3n) is 4.82. The maximum Gasteiger partial charge on any atom is 0.227 e. The van der Waals surface area contributed by atoms with Crippen molar-refractivity contribution in [2.45, 2.75) is 25.3 Å². The van der Waals surface area contributed by atoms with E-state index in [1.807, 2.05) is 36.6 Å². The monoisotopic (exact) mass is 360 g/mol. The first-order chi connectivity index (χ1) is 13.3. The van der Waals surface area contributed by atoms with Crippen molar-refractivity contribution in [2.75, 3.05) is 17.3 Å². The fourth-order valence-electron chi connectivity index (χ4n) is 3.23.